The van der Waals surface area contributed by atoms with Crippen molar-refractivity contribution in [2.45, 2.75) is 32.7 Å². The second-order valence-electron chi connectivity index (χ2n) is 5.03. The van der Waals surface area contributed by atoms with Gasteiger partial charge in [-0.2, -0.15) is 0 Å². The molecule has 1 aliphatic heterocycles. The average molecular weight is 263 g/mol. The summed E-state index contributed by atoms with van der Waals surface area (Å²) >= 11 is 0. The molecule has 5 heteroatoms. The SMILES string of the molecule is CCN1CCCC1CNc1c(C)cccc1[N+](=O)[O-]. The largest absolute Gasteiger partial charge is 0.378 e. The fourth-order valence-corrected chi connectivity index (χ4v) is 2.80. The van der Waals surface area contributed by atoms with Crippen LogP contribution in [0.4, 0.5) is 11.4 Å². The van der Waals surface area contributed by atoms with Gasteiger partial charge in [-0.3, -0.25) is 15.0 Å². The minimum Gasteiger partial charge on any atom is -0.378 e. The molecule has 5 nitrogen and oxygen atoms in total. The molecule has 1 atom stereocenters. The van der Waals surface area contributed by atoms with Crippen LogP contribution in [0.5, 0.6) is 0 Å². The Morgan fingerprint density at radius 2 is 2.32 bits per heavy atom. The molecule has 0 aliphatic carbocycles. The van der Waals surface area contributed by atoms with Crippen molar-refractivity contribution < 1.29 is 4.92 Å². The fraction of sp³-hybridized carbons (Fsp3) is 0.571. The van der Waals surface area contributed by atoms with Crippen molar-refractivity contribution in [1.82, 2.24) is 4.90 Å². The molecule has 1 N–H and O–H groups in total. The van der Waals surface area contributed by atoms with Gasteiger partial charge in [-0.05, 0) is 38.4 Å². The summed E-state index contributed by atoms with van der Waals surface area (Å²) in [6.45, 7) is 7.02. The quantitative estimate of drug-likeness (QED) is 0.655. The number of likely N-dealkylation sites (tertiary alicyclic amines) is 1. The number of nitrogens with one attached hydrogen (secondary N) is 1. The summed E-state index contributed by atoms with van der Waals surface area (Å²) in [6.07, 6.45) is 2.39. The molecular weight excluding hydrogens is 242 g/mol. The first-order valence-electron chi connectivity index (χ1n) is 6.85. The maximum Gasteiger partial charge on any atom is 0.292 e. The van der Waals surface area contributed by atoms with Crippen LogP contribution in [0.2, 0.25) is 0 Å². The zero-order valence-electron chi connectivity index (χ0n) is 11.6. The molecule has 0 spiro atoms. The lowest BCUT2D eigenvalue weighted by Crippen LogP contribution is -2.34. The first-order valence-corrected chi connectivity index (χ1v) is 6.85. The van der Waals surface area contributed by atoms with Gasteiger partial charge in [0.05, 0.1) is 4.92 Å². The molecule has 0 amide bonds. The lowest BCUT2D eigenvalue weighted by molar-refractivity contribution is -0.384. The molecule has 1 unspecified atom stereocenters. The number of hydrogen-bond donors (Lipinski definition) is 1. The van der Waals surface area contributed by atoms with Gasteiger partial charge in [0.1, 0.15) is 5.69 Å². The molecule has 1 fully saturated rings. The Morgan fingerprint density at radius 3 is 3.00 bits per heavy atom. The highest BCUT2D eigenvalue weighted by Gasteiger charge is 2.24. The second kappa shape index (κ2) is 6.02. The van der Waals surface area contributed by atoms with Gasteiger partial charge in [-0.15, -0.1) is 0 Å². The molecule has 1 heterocycles. The Hall–Kier alpha value is -1.62. The fourth-order valence-electron chi connectivity index (χ4n) is 2.80. The van der Waals surface area contributed by atoms with Crippen molar-refractivity contribution in [2.24, 2.45) is 0 Å². The highest BCUT2D eigenvalue weighted by molar-refractivity contribution is 5.66. The van der Waals surface area contributed by atoms with E-state index >= 15 is 0 Å². The van der Waals surface area contributed by atoms with Crippen molar-refractivity contribution >= 4 is 11.4 Å². The van der Waals surface area contributed by atoms with E-state index in [4.69, 9.17) is 0 Å². The molecule has 19 heavy (non-hydrogen) atoms. The molecule has 104 valence electrons. The van der Waals surface area contributed by atoms with Crippen LogP contribution >= 0.6 is 0 Å². The van der Waals surface area contributed by atoms with Crippen molar-refractivity contribution in [1.29, 1.82) is 0 Å². The zero-order valence-corrected chi connectivity index (χ0v) is 11.6. The predicted molar refractivity (Wildman–Crippen MR) is 76.6 cm³/mol. The maximum atomic E-state index is 11.0. The van der Waals surface area contributed by atoms with E-state index in [0.29, 0.717) is 11.7 Å². The number of aryl methyl sites for hydroxylation is 1. The summed E-state index contributed by atoms with van der Waals surface area (Å²) in [7, 11) is 0. The monoisotopic (exact) mass is 263 g/mol. The topological polar surface area (TPSA) is 58.4 Å². The van der Waals surface area contributed by atoms with Crippen molar-refractivity contribution in [3.8, 4) is 0 Å². The van der Waals surface area contributed by atoms with Gasteiger partial charge in [0.15, 0.2) is 0 Å². The van der Waals surface area contributed by atoms with Crippen LogP contribution in [0.1, 0.15) is 25.3 Å². The number of nitro benzene ring substituents is 1. The Bertz CT molecular complexity index is 462. The van der Waals surface area contributed by atoms with Gasteiger partial charge in [0.2, 0.25) is 0 Å². The Balaban J connectivity index is 2.09. The van der Waals surface area contributed by atoms with Gasteiger partial charge in [-0.25, -0.2) is 0 Å². The molecule has 0 bridgehead atoms. The molecule has 0 radical (unpaired) electrons. The maximum absolute atomic E-state index is 11.0. The molecule has 0 aromatic heterocycles. The van der Waals surface area contributed by atoms with E-state index in [0.717, 1.165) is 25.2 Å². The molecule has 1 aromatic rings. The highest BCUT2D eigenvalue weighted by atomic mass is 16.6. The number of nitro groups is 1. The number of benzene rings is 1. The minimum absolute atomic E-state index is 0.168. The summed E-state index contributed by atoms with van der Waals surface area (Å²) in [6, 6.07) is 5.68. The minimum atomic E-state index is -0.318. The molecule has 1 aromatic carbocycles. The van der Waals surface area contributed by atoms with Crippen molar-refractivity contribution in [3.05, 3.63) is 33.9 Å². The summed E-state index contributed by atoms with van der Waals surface area (Å²) in [4.78, 5) is 13.2. The number of nitrogens with zero attached hydrogens (tertiary/aromatic N) is 2. The second-order valence-corrected chi connectivity index (χ2v) is 5.03. The zero-order chi connectivity index (χ0) is 13.8. The van der Waals surface area contributed by atoms with E-state index in [-0.39, 0.29) is 10.6 Å². The lowest BCUT2D eigenvalue weighted by Gasteiger charge is -2.23. The van der Waals surface area contributed by atoms with Crippen LogP contribution in [0.25, 0.3) is 0 Å². The third-order valence-corrected chi connectivity index (χ3v) is 3.87. The standard InChI is InChI=1S/C14H21N3O2/c1-3-16-9-5-7-12(16)10-15-14-11(2)6-4-8-13(14)17(18)19/h4,6,8,12,15H,3,5,7,9-10H2,1-2H3. The van der Waals surface area contributed by atoms with Gasteiger partial charge in [-0.1, -0.05) is 19.1 Å². The molecule has 1 saturated heterocycles. The Labute approximate surface area is 113 Å². The third-order valence-electron chi connectivity index (χ3n) is 3.87. The molecular formula is C14H21N3O2. The van der Waals surface area contributed by atoms with Crippen LogP contribution in [0.15, 0.2) is 18.2 Å². The molecule has 2 rings (SSSR count). The number of rotatable bonds is 5. The average Bonchev–Trinajstić information content (AvgIpc) is 2.84. The van der Waals surface area contributed by atoms with E-state index in [2.05, 4.69) is 17.1 Å². The number of anilines is 1. The van der Waals surface area contributed by atoms with Gasteiger partial charge in [0.25, 0.3) is 5.69 Å². The normalized spacial score (nSPS) is 19.6. The number of hydrogen-bond acceptors (Lipinski definition) is 4. The predicted octanol–water partition coefficient (Wildman–Crippen LogP) is 2.80. The van der Waals surface area contributed by atoms with Gasteiger partial charge >= 0.3 is 0 Å². The summed E-state index contributed by atoms with van der Waals surface area (Å²) in [5, 5.41) is 14.3. The van der Waals surface area contributed by atoms with Crippen molar-refractivity contribution in [3.63, 3.8) is 0 Å². The molecule has 0 saturated carbocycles. The first kappa shape index (κ1) is 13.8. The van der Waals surface area contributed by atoms with E-state index in [9.17, 15) is 10.1 Å². The summed E-state index contributed by atoms with van der Waals surface area (Å²) in [5.74, 6) is 0. The number of para-hydroxylation sites is 1. The summed E-state index contributed by atoms with van der Waals surface area (Å²) in [5.41, 5.74) is 1.76. The lowest BCUT2D eigenvalue weighted by atomic mass is 10.1. The van der Waals surface area contributed by atoms with Crippen LogP contribution in [0.3, 0.4) is 0 Å². The van der Waals surface area contributed by atoms with Crippen LogP contribution < -0.4 is 5.32 Å². The number of likely N-dealkylation sites (N-methyl/N-ethyl adjacent to an activating group) is 1. The van der Waals surface area contributed by atoms with Crippen molar-refractivity contribution in [2.75, 3.05) is 25.0 Å². The molecule has 1 aliphatic rings. The van der Waals surface area contributed by atoms with Crippen LogP contribution in [0, 0.1) is 17.0 Å². The third kappa shape index (κ3) is 3.04. The van der Waals surface area contributed by atoms with Gasteiger partial charge in [0, 0.05) is 18.7 Å². The van der Waals surface area contributed by atoms with E-state index in [1.54, 1.807) is 12.1 Å². The Morgan fingerprint density at radius 1 is 1.53 bits per heavy atom. The van der Waals surface area contributed by atoms with E-state index in [1.807, 2.05) is 13.0 Å². The summed E-state index contributed by atoms with van der Waals surface area (Å²) < 4.78 is 0. The smallest absolute Gasteiger partial charge is 0.292 e. The van der Waals surface area contributed by atoms with Crippen LogP contribution in [-0.4, -0.2) is 35.5 Å². The van der Waals surface area contributed by atoms with E-state index < -0.39 is 0 Å². The van der Waals surface area contributed by atoms with Crippen LogP contribution in [-0.2, 0) is 0 Å². The first-order chi connectivity index (χ1) is 9.13. The van der Waals surface area contributed by atoms with E-state index in [1.165, 1.54) is 12.8 Å². The van der Waals surface area contributed by atoms with Gasteiger partial charge < -0.3 is 5.32 Å². The Kier molecular flexibility index (Phi) is 4.37. The highest BCUT2D eigenvalue weighted by Crippen LogP contribution is 2.28.